The van der Waals surface area contributed by atoms with Gasteiger partial charge in [-0.1, -0.05) is 71.0 Å². The van der Waals surface area contributed by atoms with Crippen LogP contribution in [-0.4, -0.2) is 43.7 Å². The van der Waals surface area contributed by atoms with Gasteiger partial charge in [0.15, 0.2) is 0 Å². The molecule has 4 heteroatoms. The first-order chi connectivity index (χ1) is 17.9. The van der Waals surface area contributed by atoms with E-state index in [1.54, 1.807) is 0 Å². The van der Waals surface area contributed by atoms with Gasteiger partial charge in [-0.2, -0.15) is 0 Å². The summed E-state index contributed by atoms with van der Waals surface area (Å²) in [6, 6.07) is 17.7. The molecule has 0 amide bonds. The zero-order valence-corrected chi connectivity index (χ0v) is 26.9. The summed E-state index contributed by atoms with van der Waals surface area (Å²) in [4.78, 5) is 15.2. The maximum atomic E-state index is 13.2. The third-order valence-electron chi connectivity index (χ3n) is 7.78. The second kappa shape index (κ2) is 12.9. The molecular formula is C35H55NO3. The van der Waals surface area contributed by atoms with Gasteiger partial charge in [-0.05, 0) is 114 Å². The first-order valence-electron chi connectivity index (χ1n) is 14.6. The van der Waals surface area contributed by atoms with Crippen molar-refractivity contribution in [3.63, 3.8) is 0 Å². The van der Waals surface area contributed by atoms with Gasteiger partial charge in [0.1, 0.15) is 18.0 Å². The fourth-order valence-electron chi connectivity index (χ4n) is 5.07. The highest BCUT2D eigenvalue weighted by Crippen LogP contribution is 2.44. The molecule has 0 N–H and O–H groups in total. The van der Waals surface area contributed by atoms with Crippen LogP contribution in [0.4, 0.5) is 0 Å². The van der Waals surface area contributed by atoms with Crippen molar-refractivity contribution in [3.8, 4) is 5.75 Å². The van der Waals surface area contributed by atoms with E-state index in [1.165, 1.54) is 16.7 Å². The van der Waals surface area contributed by atoms with Crippen molar-refractivity contribution in [1.29, 1.82) is 0 Å². The molecule has 0 radical (unpaired) electrons. The highest BCUT2D eigenvalue weighted by Gasteiger charge is 2.37. The second-order valence-corrected chi connectivity index (χ2v) is 14.5. The van der Waals surface area contributed by atoms with E-state index in [0.29, 0.717) is 13.0 Å². The summed E-state index contributed by atoms with van der Waals surface area (Å²) in [5.41, 5.74) is 3.15. The zero-order valence-electron chi connectivity index (χ0n) is 26.9. The zero-order chi connectivity index (χ0) is 29.6. The normalized spacial score (nSPS) is 15.1. The van der Waals surface area contributed by atoms with Crippen molar-refractivity contribution in [1.82, 2.24) is 4.90 Å². The van der Waals surface area contributed by atoms with E-state index < -0.39 is 5.41 Å². The molecule has 0 saturated carbocycles. The van der Waals surface area contributed by atoms with Crippen LogP contribution in [0.15, 0.2) is 48.5 Å². The molecule has 0 bridgehead atoms. The first kappa shape index (κ1) is 32.9. The Bertz CT molecular complexity index is 1040. The Hall–Kier alpha value is -2.33. The maximum absolute atomic E-state index is 13.2. The number of likely N-dealkylation sites (N-methyl/N-ethyl adjacent to an activating group) is 1. The summed E-state index contributed by atoms with van der Waals surface area (Å²) >= 11 is 0. The van der Waals surface area contributed by atoms with Crippen LogP contribution in [0.5, 0.6) is 5.75 Å². The van der Waals surface area contributed by atoms with Crippen LogP contribution in [0.2, 0.25) is 0 Å². The lowest BCUT2D eigenvalue weighted by atomic mass is 9.68. The molecule has 4 nitrogen and oxygen atoms in total. The van der Waals surface area contributed by atoms with E-state index in [1.807, 2.05) is 32.8 Å². The van der Waals surface area contributed by atoms with E-state index >= 15 is 0 Å². The highest BCUT2D eigenvalue weighted by molar-refractivity contribution is 5.76. The van der Waals surface area contributed by atoms with Crippen LogP contribution in [0.25, 0.3) is 0 Å². The first-order valence-corrected chi connectivity index (χ1v) is 14.6. The minimum absolute atomic E-state index is 0.0351. The number of hydrogen-bond donors (Lipinski definition) is 0. The van der Waals surface area contributed by atoms with E-state index in [0.717, 1.165) is 25.1 Å². The van der Waals surface area contributed by atoms with Crippen molar-refractivity contribution < 1.29 is 14.3 Å². The Labute approximate surface area is 239 Å². The van der Waals surface area contributed by atoms with E-state index in [-0.39, 0.29) is 28.3 Å². The molecule has 2 aromatic rings. The number of nitrogens with zero attached hydrogens (tertiary/aromatic N) is 1. The van der Waals surface area contributed by atoms with Crippen molar-refractivity contribution in [2.75, 3.05) is 27.2 Å². The smallest absolute Gasteiger partial charge is 0.311 e. The molecule has 0 aromatic heterocycles. The summed E-state index contributed by atoms with van der Waals surface area (Å²) < 4.78 is 11.8. The molecule has 2 aromatic carbocycles. The SMILES string of the molecule is CCC(C)(CC(CC(C)(C)C(=O)OCCN(C)C)c1ccc(OC(C)(C)C)cc1)c1ccc(C(C)(C)C)cc1. The van der Waals surface area contributed by atoms with Gasteiger partial charge in [-0.3, -0.25) is 4.79 Å². The molecule has 0 spiro atoms. The van der Waals surface area contributed by atoms with Gasteiger partial charge in [-0.15, -0.1) is 0 Å². The second-order valence-electron chi connectivity index (χ2n) is 14.5. The van der Waals surface area contributed by atoms with Gasteiger partial charge in [0.2, 0.25) is 0 Å². The van der Waals surface area contributed by atoms with E-state index in [9.17, 15) is 4.79 Å². The maximum Gasteiger partial charge on any atom is 0.311 e. The lowest BCUT2D eigenvalue weighted by molar-refractivity contribution is -0.155. The molecule has 218 valence electrons. The number of ether oxygens (including phenoxy) is 2. The number of carbonyl (C=O) groups is 1. The average molecular weight is 538 g/mol. The molecule has 2 atom stereocenters. The molecule has 0 heterocycles. The largest absolute Gasteiger partial charge is 0.488 e. The molecule has 0 aliphatic heterocycles. The third-order valence-corrected chi connectivity index (χ3v) is 7.78. The summed E-state index contributed by atoms with van der Waals surface area (Å²) in [7, 11) is 3.98. The van der Waals surface area contributed by atoms with Crippen LogP contribution in [0.1, 0.15) is 111 Å². The van der Waals surface area contributed by atoms with E-state index in [4.69, 9.17) is 9.47 Å². The van der Waals surface area contributed by atoms with Crippen molar-refractivity contribution in [2.45, 2.75) is 111 Å². The third kappa shape index (κ3) is 9.98. The van der Waals surface area contributed by atoms with Crippen LogP contribution >= 0.6 is 0 Å². The summed E-state index contributed by atoms with van der Waals surface area (Å²) in [5, 5.41) is 0. The number of benzene rings is 2. The van der Waals surface area contributed by atoms with Crippen molar-refractivity contribution in [3.05, 3.63) is 65.2 Å². The standard InChI is InChI=1S/C35H55NO3/c1-13-35(10,29-18-16-28(17-19-29)32(2,3)4)25-27(24-34(8,9)31(37)38-23-22-36(11)12)26-14-20-30(21-15-26)39-33(5,6)7/h14-21,27H,13,22-25H2,1-12H3. The lowest BCUT2D eigenvalue weighted by Crippen LogP contribution is -2.33. The van der Waals surface area contributed by atoms with Crippen molar-refractivity contribution >= 4 is 5.97 Å². The molecule has 39 heavy (non-hydrogen) atoms. The number of esters is 1. The molecule has 0 aliphatic rings. The van der Waals surface area contributed by atoms with Gasteiger partial charge >= 0.3 is 5.97 Å². The molecule has 2 rings (SSSR count). The molecular weight excluding hydrogens is 482 g/mol. The van der Waals surface area contributed by atoms with Gasteiger partial charge in [0.05, 0.1) is 5.41 Å². The van der Waals surface area contributed by atoms with E-state index in [2.05, 4.69) is 104 Å². The number of carbonyl (C=O) groups excluding carboxylic acids is 1. The van der Waals surface area contributed by atoms with Gasteiger partial charge < -0.3 is 14.4 Å². The lowest BCUT2D eigenvalue weighted by Gasteiger charge is -2.37. The molecule has 0 fully saturated rings. The average Bonchev–Trinajstić information content (AvgIpc) is 2.82. The Morgan fingerprint density at radius 2 is 1.33 bits per heavy atom. The fraction of sp³-hybridized carbons (Fsp3) is 0.629. The molecule has 0 aliphatic carbocycles. The van der Waals surface area contributed by atoms with Crippen LogP contribution in [-0.2, 0) is 20.4 Å². The summed E-state index contributed by atoms with van der Waals surface area (Å²) in [6.07, 6.45) is 2.66. The Kier molecular flexibility index (Phi) is 10.9. The minimum atomic E-state index is -0.609. The van der Waals surface area contributed by atoms with Crippen LogP contribution in [0.3, 0.4) is 0 Å². The van der Waals surface area contributed by atoms with Gasteiger partial charge in [0, 0.05) is 6.54 Å². The summed E-state index contributed by atoms with van der Waals surface area (Å²) in [5.74, 6) is 0.912. The Balaban J connectivity index is 2.40. The predicted octanol–water partition coefficient (Wildman–Crippen LogP) is 8.52. The molecule has 0 saturated heterocycles. The Morgan fingerprint density at radius 3 is 1.79 bits per heavy atom. The van der Waals surface area contributed by atoms with Crippen LogP contribution in [0, 0.1) is 5.41 Å². The number of rotatable bonds is 12. The fourth-order valence-corrected chi connectivity index (χ4v) is 5.07. The van der Waals surface area contributed by atoms with Crippen LogP contribution < -0.4 is 4.74 Å². The Morgan fingerprint density at radius 1 is 0.795 bits per heavy atom. The topological polar surface area (TPSA) is 38.8 Å². The van der Waals surface area contributed by atoms with Gasteiger partial charge in [-0.25, -0.2) is 0 Å². The minimum Gasteiger partial charge on any atom is -0.488 e. The predicted molar refractivity (Wildman–Crippen MR) is 165 cm³/mol. The summed E-state index contributed by atoms with van der Waals surface area (Å²) in [6.45, 7) is 22.8. The molecule has 2 unspecified atom stereocenters. The highest BCUT2D eigenvalue weighted by atomic mass is 16.5. The van der Waals surface area contributed by atoms with Crippen molar-refractivity contribution in [2.24, 2.45) is 5.41 Å². The quantitative estimate of drug-likeness (QED) is 0.254. The monoisotopic (exact) mass is 537 g/mol. The van der Waals surface area contributed by atoms with Gasteiger partial charge in [0.25, 0.3) is 0 Å². The number of hydrogen-bond acceptors (Lipinski definition) is 4.